The Kier molecular flexibility index (Phi) is 4.11. The van der Waals surface area contributed by atoms with Crippen molar-refractivity contribution >= 4 is 7.80 Å². The van der Waals surface area contributed by atoms with Gasteiger partial charge in [-0.15, -0.1) is 0 Å². The number of hydrogen-bond acceptors (Lipinski definition) is 1. The fourth-order valence-electron chi connectivity index (χ4n) is 2.63. The van der Waals surface area contributed by atoms with E-state index in [0.29, 0.717) is 0 Å². The van der Waals surface area contributed by atoms with Crippen molar-refractivity contribution in [1.82, 2.24) is 0 Å². The highest BCUT2D eigenvalue weighted by atomic mass is 31.1. The monoisotopic (exact) mass is 285 g/mol. The molecule has 0 radical (unpaired) electrons. The molecule has 2 rings (SSSR count). The summed E-state index contributed by atoms with van der Waals surface area (Å²) in [5.41, 5.74) is 2.26. The third-order valence-corrected chi connectivity index (χ3v) is 6.52. The second-order valence-corrected chi connectivity index (χ2v) is 8.97. The fourth-order valence-corrected chi connectivity index (χ4v) is 4.79. The molecule has 0 N–H and O–H groups in total. The van der Waals surface area contributed by atoms with E-state index in [1.165, 1.54) is 0 Å². The summed E-state index contributed by atoms with van der Waals surface area (Å²) < 4.78 is 13.2. The molecule has 0 spiro atoms. The SMILES string of the molecule is CC(C)(c1ccccc1)[P+](=O)C(C)(C)c1ccccc1. The van der Waals surface area contributed by atoms with E-state index >= 15 is 0 Å². The van der Waals surface area contributed by atoms with E-state index < -0.39 is 7.80 Å². The summed E-state index contributed by atoms with van der Waals surface area (Å²) in [6, 6.07) is 20.3. The van der Waals surface area contributed by atoms with Crippen molar-refractivity contribution in [2.75, 3.05) is 0 Å². The quantitative estimate of drug-likeness (QED) is 0.660. The van der Waals surface area contributed by atoms with Crippen molar-refractivity contribution in [3.63, 3.8) is 0 Å². The van der Waals surface area contributed by atoms with E-state index in [1.807, 2.05) is 36.4 Å². The maximum absolute atomic E-state index is 13.2. The smallest absolute Gasteiger partial charge is 0.0728 e. The summed E-state index contributed by atoms with van der Waals surface area (Å²) in [6.45, 7) is 8.30. The highest BCUT2D eigenvalue weighted by Crippen LogP contribution is 2.59. The van der Waals surface area contributed by atoms with Crippen LogP contribution in [0.5, 0.6) is 0 Å². The first-order chi connectivity index (χ1) is 9.37. The molecule has 0 fully saturated rings. The van der Waals surface area contributed by atoms with Gasteiger partial charge in [0.1, 0.15) is 0 Å². The molecular weight excluding hydrogens is 263 g/mol. The molecule has 0 aliphatic heterocycles. The van der Waals surface area contributed by atoms with Crippen LogP contribution in [0.3, 0.4) is 0 Å². The first-order valence-electron chi connectivity index (χ1n) is 6.95. The molecule has 0 saturated heterocycles. The van der Waals surface area contributed by atoms with Crippen molar-refractivity contribution in [2.45, 2.75) is 38.0 Å². The van der Waals surface area contributed by atoms with Crippen LogP contribution in [0.4, 0.5) is 0 Å². The lowest BCUT2D eigenvalue weighted by molar-refractivity contribution is 0.530. The van der Waals surface area contributed by atoms with Crippen LogP contribution in [0.25, 0.3) is 0 Å². The molecule has 0 amide bonds. The first-order valence-corrected chi connectivity index (χ1v) is 8.21. The van der Waals surface area contributed by atoms with Crippen LogP contribution in [-0.4, -0.2) is 0 Å². The molecule has 20 heavy (non-hydrogen) atoms. The van der Waals surface area contributed by atoms with Crippen LogP contribution in [0.2, 0.25) is 0 Å². The van der Waals surface area contributed by atoms with Crippen LogP contribution in [0.1, 0.15) is 38.8 Å². The molecular formula is C18H22OP+. The normalized spacial score (nSPS) is 12.2. The molecule has 0 unspecified atom stereocenters. The van der Waals surface area contributed by atoms with Gasteiger partial charge < -0.3 is 0 Å². The Morgan fingerprint density at radius 1 is 0.650 bits per heavy atom. The summed E-state index contributed by atoms with van der Waals surface area (Å²) in [7, 11) is -1.47. The summed E-state index contributed by atoms with van der Waals surface area (Å²) in [6.07, 6.45) is 0. The minimum absolute atomic E-state index is 0.351. The molecule has 0 bridgehead atoms. The zero-order valence-electron chi connectivity index (χ0n) is 12.6. The third kappa shape index (κ3) is 2.69. The second kappa shape index (κ2) is 5.50. The largest absolute Gasteiger partial charge is 0.359 e. The van der Waals surface area contributed by atoms with Crippen LogP contribution < -0.4 is 0 Å². The van der Waals surface area contributed by atoms with Crippen molar-refractivity contribution in [3.05, 3.63) is 71.8 Å². The topological polar surface area (TPSA) is 17.1 Å². The standard InChI is InChI=1S/C18H22OP/c1-17(2,15-11-7-5-8-12-15)20(19)18(3,4)16-13-9-6-10-14-16/h5-14H,1-4H3/q+1. The van der Waals surface area contributed by atoms with Crippen LogP contribution in [-0.2, 0) is 14.9 Å². The Labute approximate surface area is 122 Å². The predicted octanol–water partition coefficient (Wildman–Crippen LogP) is 5.68. The van der Waals surface area contributed by atoms with Crippen LogP contribution in [0, 0.1) is 0 Å². The van der Waals surface area contributed by atoms with Crippen LogP contribution >= 0.6 is 7.80 Å². The zero-order valence-corrected chi connectivity index (χ0v) is 13.5. The maximum Gasteiger partial charge on any atom is 0.359 e. The van der Waals surface area contributed by atoms with Gasteiger partial charge in [0.25, 0.3) is 0 Å². The Morgan fingerprint density at radius 2 is 0.950 bits per heavy atom. The number of hydrogen-bond donors (Lipinski definition) is 0. The van der Waals surface area contributed by atoms with Gasteiger partial charge in [0.2, 0.25) is 0 Å². The van der Waals surface area contributed by atoms with Crippen molar-refractivity contribution in [1.29, 1.82) is 0 Å². The van der Waals surface area contributed by atoms with Gasteiger partial charge in [-0.3, -0.25) is 0 Å². The van der Waals surface area contributed by atoms with Gasteiger partial charge in [-0.25, -0.2) is 0 Å². The van der Waals surface area contributed by atoms with Gasteiger partial charge in [-0.2, -0.15) is 0 Å². The van der Waals surface area contributed by atoms with E-state index in [4.69, 9.17) is 0 Å². The molecule has 2 aromatic rings. The number of rotatable bonds is 4. The lowest BCUT2D eigenvalue weighted by Crippen LogP contribution is -2.23. The van der Waals surface area contributed by atoms with Gasteiger partial charge in [0.15, 0.2) is 10.3 Å². The Hall–Kier alpha value is -1.46. The van der Waals surface area contributed by atoms with Crippen LogP contribution in [0.15, 0.2) is 60.7 Å². The lowest BCUT2D eigenvalue weighted by Gasteiger charge is -2.23. The van der Waals surface area contributed by atoms with E-state index in [-0.39, 0.29) is 10.3 Å². The lowest BCUT2D eigenvalue weighted by atomic mass is 10.0. The Morgan fingerprint density at radius 3 is 1.25 bits per heavy atom. The predicted molar refractivity (Wildman–Crippen MR) is 86.5 cm³/mol. The Balaban J connectivity index is 2.40. The molecule has 1 nitrogen and oxygen atoms in total. The second-order valence-electron chi connectivity index (χ2n) is 6.14. The summed E-state index contributed by atoms with van der Waals surface area (Å²) in [5.74, 6) is 0. The summed E-state index contributed by atoms with van der Waals surface area (Å²) in [5, 5.41) is -0.703. The zero-order chi connectivity index (χ0) is 14.8. The molecule has 0 heterocycles. The Bertz CT molecular complexity index is 532. The van der Waals surface area contributed by atoms with E-state index in [1.54, 1.807) is 0 Å². The average molecular weight is 285 g/mol. The molecule has 0 aromatic heterocycles. The van der Waals surface area contributed by atoms with E-state index in [2.05, 4.69) is 52.0 Å². The highest BCUT2D eigenvalue weighted by Gasteiger charge is 2.52. The van der Waals surface area contributed by atoms with Gasteiger partial charge in [-0.1, -0.05) is 65.2 Å². The fraction of sp³-hybridized carbons (Fsp3) is 0.333. The van der Waals surface area contributed by atoms with Crippen molar-refractivity contribution in [3.8, 4) is 0 Å². The molecule has 0 aliphatic rings. The highest BCUT2D eigenvalue weighted by molar-refractivity contribution is 7.47. The summed E-state index contributed by atoms with van der Waals surface area (Å²) >= 11 is 0. The molecule has 2 aromatic carbocycles. The molecule has 0 aliphatic carbocycles. The third-order valence-electron chi connectivity index (χ3n) is 3.98. The summed E-state index contributed by atoms with van der Waals surface area (Å²) in [4.78, 5) is 0. The van der Waals surface area contributed by atoms with E-state index in [9.17, 15) is 4.57 Å². The van der Waals surface area contributed by atoms with Gasteiger partial charge in [-0.05, 0) is 27.7 Å². The van der Waals surface area contributed by atoms with Crippen molar-refractivity contribution in [2.24, 2.45) is 0 Å². The molecule has 0 atom stereocenters. The van der Waals surface area contributed by atoms with Crippen molar-refractivity contribution < 1.29 is 4.57 Å². The van der Waals surface area contributed by atoms with Gasteiger partial charge in [0, 0.05) is 11.1 Å². The maximum atomic E-state index is 13.2. The van der Waals surface area contributed by atoms with E-state index in [0.717, 1.165) is 11.1 Å². The minimum Gasteiger partial charge on any atom is -0.0728 e. The molecule has 104 valence electrons. The minimum atomic E-state index is -1.47. The van der Waals surface area contributed by atoms with Gasteiger partial charge >= 0.3 is 7.80 Å². The molecule has 2 heteroatoms. The molecule has 0 saturated carbocycles. The first kappa shape index (κ1) is 14.9. The average Bonchev–Trinajstić information content (AvgIpc) is 2.48. The van der Waals surface area contributed by atoms with Gasteiger partial charge in [0.05, 0.1) is 0 Å². The number of benzene rings is 2.